The molecule has 1 aromatic heterocycles. The fraction of sp³-hybridized carbons (Fsp3) is 0.269. The summed E-state index contributed by atoms with van der Waals surface area (Å²) < 4.78 is 13.3. The van der Waals surface area contributed by atoms with Crippen LogP contribution in [0.15, 0.2) is 67.3 Å². The van der Waals surface area contributed by atoms with Gasteiger partial charge in [-0.25, -0.2) is 10.3 Å². The van der Waals surface area contributed by atoms with Crippen molar-refractivity contribution in [1.29, 1.82) is 0 Å². The van der Waals surface area contributed by atoms with Gasteiger partial charge in [0.25, 0.3) is 5.91 Å². The van der Waals surface area contributed by atoms with Crippen LogP contribution in [0, 0.1) is 0 Å². The first-order valence-corrected chi connectivity index (χ1v) is 11.5. The van der Waals surface area contributed by atoms with E-state index in [0.717, 1.165) is 5.56 Å². The van der Waals surface area contributed by atoms with Gasteiger partial charge in [-0.05, 0) is 42.3 Å². The van der Waals surface area contributed by atoms with Crippen molar-refractivity contribution in [2.45, 2.75) is 24.8 Å². The largest absolute Gasteiger partial charge is 0.354 e. The standard InChI is InChI=1S/C26H27ClN4O4/c1-4-22(32)24-29-20-16-21(25(33)28-14-13-17-9-8-10-18(27)15-17)30-26(34-2,35-3)23(20)31(24)19-11-6-5-7-12-19/h4-12,15,21,30H,1,13-14,16H2,2-3H3,(H,28,33). The van der Waals surface area contributed by atoms with E-state index >= 15 is 0 Å². The number of para-hydroxylation sites is 1. The van der Waals surface area contributed by atoms with Crippen LogP contribution >= 0.6 is 11.6 Å². The lowest BCUT2D eigenvalue weighted by Crippen LogP contribution is -2.60. The highest BCUT2D eigenvalue weighted by Gasteiger charge is 2.48. The second-order valence-electron chi connectivity index (χ2n) is 8.07. The maximum Gasteiger partial charge on any atom is 0.273 e. The zero-order valence-corrected chi connectivity index (χ0v) is 20.3. The molecule has 8 nitrogen and oxygen atoms in total. The molecule has 182 valence electrons. The fourth-order valence-electron chi connectivity index (χ4n) is 4.27. The molecule has 0 saturated heterocycles. The second-order valence-corrected chi connectivity index (χ2v) is 8.50. The molecule has 3 aromatic rings. The first-order chi connectivity index (χ1) is 16.9. The van der Waals surface area contributed by atoms with E-state index in [-0.39, 0.29) is 23.9 Å². The van der Waals surface area contributed by atoms with Crippen molar-refractivity contribution in [3.05, 3.63) is 95.1 Å². The molecule has 9 heteroatoms. The number of fused-ring (bicyclic) bond motifs is 1. The quantitative estimate of drug-likeness (QED) is 0.269. The van der Waals surface area contributed by atoms with Crippen molar-refractivity contribution in [3.8, 4) is 5.69 Å². The summed E-state index contributed by atoms with van der Waals surface area (Å²) >= 11 is 6.05. The summed E-state index contributed by atoms with van der Waals surface area (Å²) in [5.41, 5.74) is 2.75. The first kappa shape index (κ1) is 24.8. The molecule has 2 heterocycles. The molecule has 0 aliphatic carbocycles. The number of ketones is 1. The van der Waals surface area contributed by atoms with Gasteiger partial charge in [-0.1, -0.05) is 48.5 Å². The molecule has 0 fully saturated rings. The summed E-state index contributed by atoms with van der Waals surface area (Å²) in [5, 5.41) is 6.79. The molecule has 2 N–H and O–H groups in total. The van der Waals surface area contributed by atoms with Crippen LogP contribution in [0.2, 0.25) is 5.02 Å². The fourth-order valence-corrected chi connectivity index (χ4v) is 4.48. The number of amides is 1. The number of aromatic nitrogens is 2. The minimum absolute atomic E-state index is 0.165. The average molecular weight is 495 g/mol. The van der Waals surface area contributed by atoms with Gasteiger partial charge >= 0.3 is 0 Å². The van der Waals surface area contributed by atoms with Gasteiger partial charge in [-0.3, -0.25) is 14.2 Å². The van der Waals surface area contributed by atoms with Crippen molar-refractivity contribution < 1.29 is 19.1 Å². The zero-order chi connectivity index (χ0) is 25.0. The number of benzene rings is 2. The summed E-state index contributed by atoms with van der Waals surface area (Å²) in [6, 6.07) is 16.1. The van der Waals surface area contributed by atoms with E-state index in [9.17, 15) is 9.59 Å². The summed E-state index contributed by atoms with van der Waals surface area (Å²) in [7, 11) is 2.94. The molecule has 0 saturated carbocycles. The second kappa shape index (κ2) is 10.5. The number of carbonyl (C=O) groups is 2. The van der Waals surface area contributed by atoms with Crippen LogP contribution in [0.25, 0.3) is 5.69 Å². The Morgan fingerprint density at radius 3 is 2.63 bits per heavy atom. The highest BCUT2D eigenvalue weighted by Crippen LogP contribution is 2.35. The van der Waals surface area contributed by atoms with Crippen molar-refractivity contribution in [2.75, 3.05) is 20.8 Å². The summed E-state index contributed by atoms with van der Waals surface area (Å²) in [5.74, 6) is -1.93. The van der Waals surface area contributed by atoms with Gasteiger partial charge < -0.3 is 14.8 Å². The van der Waals surface area contributed by atoms with Gasteiger partial charge in [0, 0.05) is 37.9 Å². The Morgan fingerprint density at radius 1 is 1.23 bits per heavy atom. The highest BCUT2D eigenvalue weighted by molar-refractivity contribution is 6.30. The maximum absolute atomic E-state index is 13.1. The lowest BCUT2D eigenvalue weighted by atomic mass is 10.0. The van der Waals surface area contributed by atoms with Gasteiger partial charge in [0.2, 0.25) is 11.7 Å². The van der Waals surface area contributed by atoms with E-state index in [0.29, 0.717) is 35.1 Å². The number of imidazole rings is 1. The van der Waals surface area contributed by atoms with Crippen LogP contribution in [0.3, 0.4) is 0 Å². The van der Waals surface area contributed by atoms with Crippen LogP contribution in [-0.2, 0) is 33.0 Å². The number of nitrogens with one attached hydrogen (secondary N) is 2. The third-order valence-corrected chi connectivity index (χ3v) is 6.17. The monoisotopic (exact) mass is 494 g/mol. The van der Waals surface area contributed by atoms with Crippen molar-refractivity contribution >= 4 is 23.3 Å². The Bertz CT molecular complexity index is 1240. The Labute approximate surface area is 208 Å². The zero-order valence-electron chi connectivity index (χ0n) is 19.6. The van der Waals surface area contributed by atoms with Gasteiger partial charge in [-0.2, -0.15) is 0 Å². The molecule has 1 unspecified atom stereocenters. The van der Waals surface area contributed by atoms with Gasteiger partial charge in [0.1, 0.15) is 5.69 Å². The number of carbonyl (C=O) groups excluding carboxylic acids is 2. The van der Waals surface area contributed by atoms with Crippen molar-refractivity contribution in [3.63, 3.8) is 0 Å². The minimum Gasteiger partial charge on any atom is -0.354 e. The molecular formula is C26H27ClN4O4. The number of allylic oxidation sites excluding steroid dienone is 1. The van der Waals surface area contributed by atoms with Gasteiger partial charge in [0.15, 0.2) is 5.82 Å². The molecule has 2 aromatic carbocycles. The third-order valence-electron chi connectivity index (χ3n) is 5.94. The molecule has 0 radical (unpaired) electrons. The maximum atomic E-state index is 13.1. The summed E-state index contributed by atoms with van der Waals surface area (Å²) in [4.78, 5) is 30.5. The number of nitrogens with zero attached hydrogens (tertiary/aromatic N) is 2. The lowest BCUT2D eigenvalue weighted by Gasteiger charge is -2.39. The number of hydrogen-bond donors (Lipinski definition) is 2. The van der Waals surface area contributed by atoms with Crippen LogP contribution in [0.5, 0.6) is 0 Å². The van der Waals surface area contributed by atoms with Crippen LogP contribution in [0.4, 0.5) is 0 Å². The smallest absolute Gasteiger partial charge is 0.273 e. The number of methoxy groups -OCH3 is 2. The predicted molar refractivity (Wildman–Crippen MR) is 133 cm³/mol. The number of ether oxygens (including phenoxy) is 2. The molecule has 0 spiro atoms. The molecule has 0 bridgehead atoms. The Kier molecular flexibility index (Phi) is 7.47. The van der Waals surface area contributed by atoms with Crippen LogP contribution in [-0.4, -0.2) is 48.0 Å². The Hall–Kier alpha value is -3.30. The van der Waals surface area contributed by atoms with E-state index in [1.54, 1.807) is 4.57 Å². The van der Waals surface area contributed by atoms with Crippen molar-refractivity contribution in [1.82, 2.24) is 20.2 Å². The normalized spacial score (nSPS) is 16.4. The number of halogens is 1. The van der Waals surface area contributed by atoms with E-state index in [2.05, 4.69) is 22.2 Å². The number of rotatable bonds is 9. The van der Waals surface area contributed by atoms with E-state index in [4.69, 9.17) is 21.1 Å². The number of hydrogen-bond acceptors (Lipinski definition) is 6. The van der Waals surface area contributed by atoms with Gasteiger partial charge in [0.05, 0.1) is 11.7 Å². The van der Waals surface area contributed by atoms with E-state index in [1.807, 2.05) is 54.6 Å². The topological polar surface area (TPSA) is 94.5 Å². The SMILES string of the molecule is C=CC(=O)c1nc2c(n1-c1ccccc1)C(OC)(OC)NC(C(=O)NCCc1cccc(Cl)c1)C2. The van der Waals surface area contributed by atoms with Gasteiger partial charge in [-0.15, -0.1) is 0 Å². The average Bonchev–Trinajstić information content (AvgIpc) is 3.28. The lowest BCUT2D eigenvalue weighted by molar-refractivity contribution is -0.249. The third kappa shape index (κ3) is 4.92. The van der Waals surface area contributed by atoms with E-state index in [1.165, 1.54) is 20.3 Å². The Balaban J connectivity index is 1.65. The summed E-state index contributed by atoms with van der Waals surface area (Å²) in [6.45, 7) is 4.03. The molecule has 35 heavy (non-hydrogen) atoms. The molecule has 1 amide bonds. The molecule has 1 atom stereocenters. The molecule has 4 rings (SSSR count). The van der Waals surface area contributed by atoms with E-state index < -0.39 is 12.0 Å². The molecular weight excluding hydrogens is 468 g/mol. The van der Waals surface area contributed by atoms with Crippen molar-refractivity contribution in [2.24, 2.45) is 0 Å². The Morgan fingerprint density at radius 2 is 1.97 bits per heavy atom. The predicted octanol–water partition coefficient (Wildman–Crippen LogP) is 3.17. The minimum atomic E-state index is -1.51. The van der Waals surface area contributed by atoms with Crippen LogP contribution < -0.4 is 10.6 Å². The molecule has 1 aliphatic heterocycles. The molecule has 1 aliphatic rings. The van der Waals surface area contributed by atoms with Crippen LogP contribution in [0.1, 0.15) is 27.6 Å². The first-order valence-electron chi connectivity index (χ1n) is 11.2. The highest BCUT2D eigenvalue weighted by atomic mass is 35.5. The summed E-state index contributed by atoms with van der Waals surface area (Å²) in [6.07, 6.45) is 2.08.